The fourth-order valence-corrected chi connectivity index (χ4v) is 1.24. The van der Waals surface area contributed by atoms with Gasteiger partial charge in [-0.25, -0.2) is 0 Å². The SMILES string of the molecule is CC(=O)/C(C)=C/C=C/C=C/C=C/c1ccccc1. The number of rotatable bonds is 5. The predicted octanol–water partition coefficient (Wildman–Crippen LogP) is 4.35. The smallest absolute Gasteiger partial charge is 0.155 e. The maximum absolute atomic E-state index is 10.9. The van der Waals surface area contributed by atoms with Crippen molar-refractivity contribution in [3.05, 3.63) is 77.9 Å². The second-order valence-electron chi connectivity index (χ2n) is 3.95. The van der Waals surface area contributed by atoms with Crippen molar-refractivity contribution in [2.45, 2.75) is 13.8 Å². The Morgan fingerprint density at radius 1 is 0.889 bits per heavy atom. The van der Waals surface area contributed by atoms with E-state index < -0.39 is 0 Å². The van der Waals surface area contributed by atoms with Gasteiger partial charge in [0.05, 0.1) is 0 Å². The highest BCUT2D eigenvalue weighted by Crippen LogP contribution is 2.00. The average molecular weight is 238 g/mol. The summed E-state index contributed by atoms with van der Waals surface area (Å²) in [5.74, 6) is 0.104. The molecule has 0 aromatic heterocycles. The van der Waals surface area contributed by atoms with Gasteiger partial charge in [-0.05, 0) is 25.0 Å². The third kappa shape index (κ3) is 5.80. The lowest BCUT2D eigenvalue weighted by atomic mass is 10.2. The van der Waals surface area contributed by atoms with E-state index >= 15 is 0 Å². The molecule has 0 aliphatic rings. The molecule has 0 unspecified atom stereocenters. The van der Waals surface area contributed by atoms with Crippen molar-refractivity contribution in [1.29, 1.82) is 0 Å². The maximum Gasteiger partial charge on any atom is 0.155 e. The molecule has 0 bridgehead atoms. The minimum absolute atomic E-state index is 0.104. The summed E-state index contributed by atoms with van der Waals surface area (Å²) < 4.78 is 0. The number of allylic oxidation sites excluding steroid dienone is 7. The first-order chi connectivity index (χ1) is 8.70. The Morgan fingerprint density at radius 3 is 2.17 bits per heavy atom. The van der Waals surface area contributed by atoms with Gasteiger partial charge >= 0.3 is 0 Å². The fraction of sp³-hybridized carbons (Fsp3) is 0.118. The van der Waals surface area contributed by atoms with Crippen LogP contribution in [0.5, 0.6) is 0 Å². The van der Waals surface area contributed by atoms with Gasteiger partial charge < -0.3 is 0 Å². The Bertz CT molecular complexity index is 488. The number of Topliss-reactive ketones (excluding diaryl/α,β-unsaturated/α-hetero) is 1. The van der Waals surface area contributed by atoms with Gasteiger partial charge in [-0.2, -0.15) is 0 Å². The fourth-order valence-electron chi connectivity index (χ4n) is 1.24. The van der Waals surface area contributed by atoms with Crippen molar-refractivity contribution in [3.8, 4) is 0 Å². The summed E-state index contributed by atoms with van der Waals surface area (Å²) in [7, 11) is 0. The minimum Gasteiger partial charge on any atom is -0.295 e. The molecular weight excluding hydrogens is 220 g/mol. The van der Waals surface area contributed by atoms with Crippen LogP contribution in [0.25, 0.3) is 6.08 Å². The number of hydrogen-bond donors (Lipinski definition) is 0. The zero-order valence-corrected chi connectivity index (χ0v) is 10.8. The van der Waals surface area contributed by atoms with Crippen LogP contribution in [0.2, 0.25) is 0 Å². The normalized spacial score (nSPS) is 12.9. The van der Waals surface area contributed by atoms with Gasteiger partial charge in [-0.15, -0.1) is 0 Å². The molecule has 1 aromatic rings. The molecular formula is C17H18O. The zero-order chi connectivity index (χ0) is 13.2. The molecule has 1 rings (SSSR count). The lowest BCUT2D eigenvalue weighted by Gasteiger charge is -1.88. The van der Waals surface area contributed by atoms with Crippen LogP contribution >= 0.6 is 0 Å². The van der Waals surface area contributed by atoms with Gasteiger partial charge in [0.1, 0.15) is 0 Å². The van der Waals surface area contributed by atoms with E-state index in [9.17, 15) is 4.79 Å². The topological polar surface area (TPSA) is 17.1 Å². The van der Waals surface area contributed by atoms with Gasteiger partial charge in [0.2, 0.25) is 0 Å². The van der Waals surface area contributed by atoms with Crippen molar-refractivity contribution in [3.63, 3.8) is 0 Å². The Balaban J connectivity index is 2.43. The van der Waals surface area contributed by atoms with Crippen LogP contribution in [-0.2, 0) is 4.79 Å². The molecule has 0 saturated carbocycles. The first-order valence-corrected chi connectivity index (χ1v) is 5.94. The van der Waals surface area contributed by atoms with E-state index in [-0.39, 0.29) is 5.78 Å². The molecule has 0 radical (unpaired) electrons. The highest BCUT2D eigenvalue weighted by molar-refractivity contribution is 5.92. The van der Waals surface area contributed by atoms with E-state index in [0.29, 0.717) is 0 Å². The minimum atomic E-state index is 0.104. The van der Waals surface area contributed by atoms with Crippen LogP contribution in [0.15, 0.2) is 72.4 Å². The molecule has 0 fully saturated rings. The summed E-state index contributed by atoms with van der Waals surface area (Å²) in [5, 5.41) is 0. The molecule has 0 amide bonds. The average Bonchev–Trinajstić information content (AvgIpc) is 2.38. The van der Waals surface area contributed by atoms with Crippen molar-refractivity contribution < 1.29 is 4.79 Å². The maximum atomic E-state index is 10.9. The van der Waals surface area contributed by atoms with Gasteiger partial charge in [0.25, 0.3) is 0 Å². The van der Waals surface area contributed by atoms with E-state index in [1.54, 1.807) is 6.92 Å². The number of carbonyl (C=O) groups excluding carboxylic acids is 1. The highest BCUT2D eigenvalue weighted by Gasteiger charge is 1.90. The Labute approximate surface area is 109 Å². The summed E-state index contributed by atoms with van der Waals surface area (Å²) in [6.45, 7) is 3.38. The third-order valence-electron chi connectivity index (χ3n) is 2.43. The number of benzene rings is 1. The van der Waals surface area contributed by atoms with Crippen LogP contribution in [0.1, 0.15) is 19.4 Å². The summed E-state index contributed by atoms with van der Waals surface area (Å²) in [6.07, 6.45) is 13.5. The molecule has 0 N–H and O–H groups in total. The molecule has 1 aromatic carbocycles. The van der Waals surface area contributed by atoms with Crippen LogP contribution in [-0.4, -0.2) is 5.78 Å². The molecule has 18 heavy (non-hydrogen) atoms. The first-order valence-electron chi connectivity index (χ1n) is 5.94. The first kappa shape index (κ1) is 13.9. The predicted molar refractivity (Wildman–Crippen MR) is 78.2 cm³/mol. The van der Waals surface area contributed by atoms with Crippen LogP contribution in [0.4, 0.5) is 0 Å². The molecule has 0 spiro atoms. The summed E-state index contributed by atoms with van der Waals surface area (Å²) in [5.41, 5.74) is 1.94. The Kier molecular flexibility index (Phi) is 6.20. The summed E-state index contributed by atoms with van der Waals surface area (Å²) >= 11 is 0. The Morgan fingerprint density at radius 2 is 1.50 bits per heavy atom. The number of hydrogen-bond acceptors (Lipinski definition) is 1. The van der Waals surface area contributed by atoms with Gasteiger partial charge in [0, 0.05) is 0 Å². The molecule has 0 aliphatic heterocycles. The molecule has 92 valence electrons. The van der Waals surface area contributed by atoms with Crippen molar-refractivity contribution in [2.24, 2.45) is 0 Å². The highest BCUT2D eigenvalue weighted by atomic mass is 16.1. The van der Waals surface area contributed by atoms with E-state index in [4.69, 9.17) is 0 Å². The second kappa shape index (κ2) is 8.02. The number of carbonyl (C=O) groups is 1. The summed E-state index contributed by atoms with van der Waals surface area (Å²) in [6, 6.07) is 10.1. The molecule has 0 atom stereocenters. The van der Waals surface area contributed by atoms with Crippen molar-refractivity contribution in [1.82, 2.24) is 0 Å². The standard InChI is InChI=1S/C17H18O/c1-15(16(2)18)11-7-4-3-5-8-12-17-13-9-6-10-14-17/h3-14H,1-2H3/b5-3+,7-4+,12-8+,15-11+. The summed E-state index contributed by atoms with van der Waals surface area (Å²) in [4.78, 5) is 10.9. The largest absolute Gasteiger partial charge is 0.295 e. The van der Waals surface area contributed by atoms with Crippen LogP contribution in [0.3, 0.4) is 0 Å². The van der Waals surface area contributed by atoms with E-state index in [2.05, 4.69) is 12.1 Å². The quantitative estimate of drug-likeness (QED) is 0.550. The van der Waals surface area contributed by atoms with E-state index in [1.807, 2.05) is 67.7 Å². The van der Waals surface area contributed by atoms with Gasteiger partial charge in [-0.1, -0.05) is 72.9 Å². The monoisotopic (exact) mass is 238 g/mol. The lowest BCUT2D eigenvalue weighted by Crippen LogP contribution is -1.89. The van der Waals surface area contributed by atoms with Crippen LogP contribution in [0, 0.1) is 0 Å². The van der Waals surface area contributed by atoms with Gasteiger partial charge in [0.15, 0.2) is 5.78 Å². The lowest BCUT2D eigenvalue weighted by molar-refractivity contribution is -0.113. The van der Waals surface area contributed by atoms with Crippen molar-refractivity contribution >= 4 is 11.9 Å². The molecule has 1 heteroatoms. The zero-order valence-electron chi connectivity index (χ0n) is 10.8. The van der Waals surface area contributed by atoms with E-state index in [1.165, 1.54) is 5.56 Å². The molecule has 1 nitrogen and oxygen atoms in total. The number of ketones is 1. The Hall–Kier alpha value is -2.15. The van der Waals surface area contributed by atoms with Crippen molar-refractivity contribution in [2.75, 3.05) is 0 Å². The molecule has 0 saturated heterocycles. The van der Waals surface area contributed by atoms with Crippen LogP contribution < -0.4 is 0 Å². The second-order valence-corrected chi connectivity index (χ2v) is 3.95. The molecule has 0 heterocycles. The third-order valence-corrected chi connectivity index (χ3v) is 2.43. The van der Waals surface area contributed by atoms with E-state index in [0.717, 1.165) is 5.57 Å². The molecule has 0 aliphatic carbocycles. The van der Waals surface area contributed by atoms with Gasteiger partial charge in [-0.3, -0.25) is 4.79 Å².